The van der Waals surface area contributed by atoms with Crippen molar-refractivity contribution in [3.63, 3.8) is 0 Å². The molecular weight excluding hydrogens is 368 g/mol. The van der Waals surface area contributed by atoms with Crippen molar-refractivity contribution in [3.05, 3.63) is 48.3 Å². The number of carbonyl (C=O) groups is 1. The zero-order valence-electron chi connectivity index (χ0n) is 14.4. The Morgan fingerprint density at radius 3 is 2.85 bits per heavy atom. The van der Waals surface area contributed by atoms with Crippen LogP contribution in [0.4, 0.5) is 5.13 Å². The van der Waals surface area contributed by atoms with Gasteiger partial charge >= 0.3 is 0 Å². The lowest BCUT2D eigenvalue weighted by Gasteiger charge is -2.11. The number of allylic oxidation sites excluding steroid dienone is 1. The number of rotatable bonds is 7. The standard InChI is InChI=1S/C17H18N6OS2/c1-4-9-23-14(13-5-7-18-8-6-13)21-22-17(23)26-12(3)15(24)20-16-19-11(2)10-25-16/h4-8,10,12H,1,9H2,2-3H3,(H,19,20,24)/t12-/m1/s1. The smallest absolute Gasteiger partial charge is 0.239 e. The normalized spacial score (nSPS) is 11.9. The molecule has 0 fully saturated rings. The zero-order valence-corrected chi connectivity index (χ0v) is 16.0. The van der Waals surface area contributed by atoms with Crippen LogP contribution in [0.1, 0.15) is 12.6 Å². The summed E-state index contributed by atoms with van der Waals surface area (Å²) in [5, 5.41) is 14.2. The summed E-state index contributed by atoms with van der Waals surface area (Å²) in [7, 11) is 0. The Kier molecular flexibility index (Phi) is 5.79. The largest absolute Gasteiger partial charge is 0.301 e. The van der Waals surface area contributed by atoms with E-state index in [1.54, 1.807) is 18.5 Å². The SMILES string of the molecule is C=CCn1c(S[C@H](C)C(=O)Nc2nc(C)cs2)nnc1-c1ccncc1. The Morgan fingerprint density at radius 1 is 1.42 bits per heavy atom. The first kappa shape index (κ1) is 18.3. The van der Waals surface area contributed by atoms with Gasteiger partial charge in [0.15, 0.2) is 16.1 Å². The molecule has 1 N–H and O–H groups in total. The quantitative estimate of drug-likeness (QED) is 0.495. The Hall–Kier alpha value is -2.52. The van der Waals surface area contributed by atoms with Crippen LogP contribution in [0.2, 0.25) is 0 Å². The highest BCUT2D eigenvalue weighted by atomic mass is 32.2. The number of nitrogens with zero attached hydrogens (tertiary/aromatic N) is 5. The summed E-state index contributed by atoms with van der Waals surface area (Å²) < 4.78 is 1.93. The molecule has 0 radical (unpaired) electrons. The van der Waals surface area contributed by atoms with E-state index in [4.69, 9.17) is 0 Å². The van der Waals surface area contributed by atoms with Crippen LogP contribution in [0.5, 0.6) is 0 Å². The number of thioether (sulfide) groups is 1. The molecule has 0 aliphatic heterocycles. The maximum absolute atomic E-state index is 12.4. The molecule has 7 nitrogen and oxygen atoms in total. The van der Waals surface area contributed by atoms with Gasteiger partial charge in [-0.3, -0.25) is 14.3 Å². The lowest BCUT2D eigenvalue weighted by molar-refractivity contribution is -0.115. The van der Waals surface area contributed by atoms with E-state index in [2.05, 4.69) is 32.1 Å². The summed E-state index contributed by atoms with van der Waals surface area (Å²) in [6.45, 7) is 8.07. The molecule has 0 bridgehead atoms. The first-order valence-corrected chi connectivity index (χ1v) is 9.68. The van der Waals surface area contributed by atoms with E-state index in [0.717, 1.165) is 17.1 Å². The average molecular weight is 387 g/mol. The molecule has 134 valence electrons. The third-order valence-electron chi connectivity index (χ3n) is 3.47. The Bertz CT molecular complexity index is 905. The van der Waals surface area contributed by atoms with Crippen LogP contribution in [-0.4, -0.2) is 35.9 Å². The van der Waals surface area contributed by atoms with Crippen LogP contribution >= 0.6 is 23.1 Å². The average Bonchev–Trinajstić information content (AvgIpc) is 3.22. The van der Waals surface area contributed by atoms with Crippen LogP contribution in [0.25, 0.3) is 11.4 Å². The van der Waals surface area contributed by atoms with Crippen molar-refractivity contribution < 1.29 is 4.79 Å². The van der Waals surface area contributed by atoms with E-state index in [1.807, 2.05) is 35.9 Å². The van der Waals surface area contributed by atoms with Gasteiger partial charge in [0.25, 0.3) is 0 Å². The molecule has 9 heteroatoms. The van der Waals surface area contributed by atoms with Gasteiger partial charge in [0.05, 0.1) is 10.9 Å². The number of aryl methyl sites for hydroxylation is 1. The Balaban J connectivity index is 1.77. The predicted molar refractivity (Wildman–Crippen MR) is 104 cm³/mol. The molecule has 0 saturated heterocycles. The van der Waals surface area contributed by atoms with Crippen LogP contribution in [-0.2, 0) is 11.3 Å². The van der Waals surface area contributed by atoms with Crippen LogP contribution in [0, 0.1) is 6.92 Å². The van der Waals surface area contributed by atoms with Gasteiger partial charge in [-0.25, -0.2) is 4.98 Å². The third-order valence-corrected chi connectivity index (χ3v) is 5.42. The van der Waals surface area contributed by atoms with E-state index in [9.17, 15) is 4.79 Å². The Labute approximate surface area is 159 Å². The monoisotopic (exact) mass is 386 g/mol. The zero-order chi connectivity index (χ0) is 18.5. The molecule has 1 atom stereocenters. The number of anilines is 1. The Morgan fingerprint density at radius 2 is 2.19 bits per heavy atom. The number of pyridine rings is 1. The summed E-state index contributed by atoms with van der Waals surface area (Å²) in [6.07, 6.45) is 5.20. The maximum Gasteiger partial charge on any atom is 0.239 e. The lowest BCUT2D eigenvalue weighted by Crippen LogP contribution is -2.22. The molecule has 3 heterocycles. The number of aromatic nitrogens is 5. The fraction of sp³-hybridized carbons (Fsp3) is 0.235. The molecule has 1 amide bonds. The third kappa shape index (κ3) is 4.17. The van der Waals surface area contributed by atoms with E-state index in [0.29, 0.717) is 16.8 Å². The predicted octanol–water partition coefficient (Wildman–Crippen LogP) is 3.41. The van der Waals surface area contributed by atoms with Crippen molar-refractivity contribution in [3.8, 4) is 11.4 Å². The van der Waals surface area contributed by atoms with Crippen LogP contribution in [0.15, 0.2) is 47.7 Å². The first-order valence-electron chi connectivity index (χ1n) is 7.92. The molecular formula is C17H18N6OS2. The second-order valence-electron chi connectivity index (χ2n) is 5.48. The summed E-state index contributed by atoms with van der Waals surface area (Å²) >= 11 is 2.76. The maximum atomic E-state index is 12.4. The van der Waals surface area contributed by atoms with Crippen LogP contribution < -0.4 is 5.32 Å². The van der Waals surface area contributed by atoms with Crippen molar-refractivity contribution in [1.82, 2.24) is 24.7 Å². The minimum absolute atomic E-state index is 0.122. The summed E-state index contributed by atoms with van der Waals surface area (Å²) in [5.74, 6) is 0.598. The van der Waals surface area contributed by atoms with Gasteiger partial charge < -0.3 is 5.32 Å². The molecule has 3 aromatic heterocycles. The number of hydrogen-bond acceptors (Lipinski definition) is 7. The minimum Gasteiger partial charge on any atom is -0.301 e. The highest BCUT2D eigenvalue weighted by Crippen LogP contribution is 2.27. The first-order chi connectivity index (χ1) is 12.6. The van der Waals surface area contributed by atoms with Crippen molar-refractivity contribution >= 4 is 34.1 Å². The summed E-state index contributed by atoms with van der Waals surface area (Å²) in [6, 6.07) is 3.75. The second-order valence-corrected chi connectivity index (χ2v) is 7.65. The van der Waals surface area contributed by atoms with Gasteiger partial charge in [0, 0.05) is 29.9 Å². The van der Waals surface area contributed by atoms with E-state index >= 15 is 0 Å². The molecule has 3 aromatic rings. The van der Waals surface area contributed by atoms with E-state index in [-0.39, 0.29) is 11.2 Å². The molecule has 0 aromatic carbocycles. The number of carbonyl (C=O) groups excluding carboxylic acids is 1. The van der Waals surface area contributed by atoms with Gasteiger partial charge in [0.2, 0.25) is 5.91 Å². The van der Waals surface area contributed by atoms with E-state index in [1.165, 1.54) is 23.1 Å². The highest BCUT2D eigenvalue weighted by molar-refractivity contribution is 8.00. The topological polar surface area (TPSA) is 85.6 Å². The number of amides is 1. The van der Waals surface area contributed by atoms with Gasteiger partial charge in [-0.1, -0.05) is 17.8 Å². The molecule has 26 heavy (non-hydrogen) atoms. The second kappa shape index (κ2) is 8.24. The molecule has 0 unspecified atom stereocenters. The van der Waals surface area contributed by atoms with Gasteiger partial charge in [-0.05, 0) is 26.0 Å². The highest BCUT2D eigenvalue weighted by Gasteiger charge is 2.21. The van der Waals surface area contributed by atoms with Gasteiger partial charge in [-0.2, -0.15) is 0 Å². The summed E-state index contributed by atoms with van der Waals surface area (Å²) in [5.41, 5.74) is 1.80. The fourth-order valence-electron chi connectivity index (χ4n) is 2.21. The van der Waals surface area contributed by atoms with Crippen molar-refractivity contribution in [1.29, 1.82) is 0 Å². The molecule has 0 saturated carbocycles. The molecule has 0 aliphatic rings. The molecule has 0 aliphatic carbocycles. The number of thiazole rings is 1. The van der Waals surface area contributed by atoms with E-state index < -0.39 is 0 Å². The number of hydrogen-bond donors (Lipinski definition) is 1. The minimum atomic E-state index is -0.350. The summed E-state index contributed by atoms with van der Waals surface area (Å²) in [4.78, 5) is 20.7. The molecule has 0 spiro atoms. The van der Waals surface area contributed by atoms with Crippen molar-refractivity contribution in [2.75, 3.05) is 5.32 Å². The molecule has 3 rings (SSSR count). The fourth-order valence-corrected chi connectivity index (χ4v) is 3.76. The van der Waals surface area contributed by atoms with Crippen molar-refractivity contribution in [2.45, 2.75) is 30.8 Å². The van der Waals surface area contributed by atoms with Gasteiger partial charge in [-0.15, -0.1) is 28.1 Å². The van der Waals surface area contributed by atoms with Crippen molar-refractivity contribution in [2.24, 2.45) is 0 Å². The number of nitrogens with one attached hydrogen (secondary N) is 1. The van der Waals surface area contributed by atoms with Gasteiger partial charge in [0.1, 0.15) is 0 Å². The lowest BCUT2D eigenvalue weighted by atomic mass is 10.2. The van der Waals surface area contributed by atoms with Crippen LogP contribution in [0.3, 0.4) is 0 Å².